The molecule has 0 saturated heterocycles. The van der Waals surface area contributed by atoms with Gasteiger partial charge in [0.2, 0.25) is 11.7 Å². The number of nitrogens with zero attached hydrogens (tertiary/aromatic N) is 2. The maximum Gasteiger partial charge on any atom is 0.251 e. The standard InChI is InChI=1S/C20H30N4O2.ClH/c1-13(2)9-16(12-21)22-19(25)15-8-6-7-14(10-15)18-23-17(26-24-18)11-20(3,4)5;/h6-8,10,13,16H,9,11-12,21H2,1-5H3,(H,22,25);1H. The van der Waals surface area contributed by atoms with Crippen molar-refractivity contribution in [2.24, 2.45) is 17.1 Å². The predicted octanol–water partition coefficient (Wildman–Crippen LogP) is 3.85. The van der Waals surface area contributed by atoms with E-state index in [1.165, 1.54) is 0 Å². The Morgan fingerprint density at radius 3 is 2.59 bits per heavy atom. The van der Waals surface area contributed by atoms with Crippen molar-refractivity contribution in [1.29, 1.82) is 0 Å². The Morgan fingerprint density at radius 2 is 2.00 bits per heavy atom. The number of benzene rings is 1. The number of nitrogens with two attached hydrogens (primary N) is 1. The Hall–Kier alpha value is -1.92. The van der Waals surface area contributed by atoms with Crippen LogP contribution in [0.2, 0.25) is 0 Å². The topological polar surface area (TPSA) is 94.0 Å². The second-order valence-electron chi connectivity index (χ2n) is 8.37. The highest BCUT2D eigenvalue weighted by molar-refractivity contribution is 5.95. The number of hydrogen-bond acceptors (Lipinski definition) is 5. The van der Waals surface area contributed by atoms with Gasteiger partial charge in [-0.2, -0.15) is 4.98 Å². The van der Waals surface area contributed by atoms with Gasteiger partial charge in [0.1, 0.15) is 0 Å². The van der Waals surface area contributed by atoms with Gasteiger partial charge in [-0.05, 0) is 29.9 Å². The highest BCUT2D eigenvalue weighted by Crippen LogP contribution is 2.22. The summed E-state index contributed by atoms with van der Waals surface area (Å²) in [7, 11) is 0. The minimum absolute atomic E-state index is 0. The Balaban J connectivity index is 0.00000364. The molecular formula is C20H31ClN4O2. The first-order valence-corrected chi connectivity index (χ1v) is 9.12. The molecule has 150 valence electrons. The Bertz CT molecular complexity index is 738. The van der Waals surface area contributed by atoms with Gasteiger partial charge in [-0.3, -0.25) is 4.79 Å². The van der Waals surface area contributed by atoms with Crippen LogP contribution in [-0.4, -0.2) is 28.6 Å². The summed E-state index contributed by atoms with van der Waals surface area (Å²) in [5.41, 5.74) is 7.16. The molecule has 7 heteroatoms. The molecule has 1 atom stereocenters. The van der Waals surface area contributed by atoms with Crippen molar-refractivity contribution in [1.82, 2.24) is 15.5 Å². The van der Waals surface area contributed by atoms with Crippen molar-refractivity contribution in [3.8, 4) is 11.4 Å². The fourth-order valence-corrected chi connectivity index (χ4v) is 2.75. The minimum Gasteiger partial charge on any atom is -0.348 e. The molecule has 0 saturated carbocycles. The molecule has 3 N–H and O–H groups in total. The van der Waals surface area contributed by atoms with E-state index >= 15 is 0 Å². The summed E-state index contributed by atoms with van der Waals surface area (Å²) in [5.74, 6) is 1.43. The number of carbonyl (C=O) groups excluding carboxylic acids is 1. The van der Waals surface area contributed by atoms with E-state index in [1.807, 2.05) is 12.1 Å². The van der Waals surface area contributed by atoms with Crippen molar-refractivity contribution in [2.45, 2.75) is 53.5 Å². The maximum atomic E-state index is 12.5. The van der Waals surface area contributed by atoms with Crippen molar-refractivity contribution in [2.75, 3.05) is 6.54 Å². The van der Waals surface area contributed by atoms with Gasteiger partial charge in [-0.25, -0.2) is 0 Å². The second kappa shape index (κ2) is 9.85. The smallest absolute Gasteiger partial charge is 0.251 e. The zero-order chi connectivity index (χ0) is 19.3. The molecule has 1 unspecified atom stereocenters. The van der Waals surface area contributed by atoms with Crippen molar-refractivity contribution < 1.29 is 9.32 Å². The molecule has 1 aromatic heterocycles. The number of rotatable bonds is 7. The summed E-state index contributed by atoms with van der Waals surface area (Å²) in [6.45, 7) is 11.0. The number of aromatic nitrogens is 2. The molecule has 0 radical (unpaired) electrons. The molecule has 27 heavy (non-hydrogen) atoms. The zero-order valence-electron chi connectivity index (χ0n) is 16.8. The lowest BCUT2D eigenvalue weighted by Gasteiger charge is -2.18. The van der Waals surface area contributed by atoms with Crippen molar-refractivity contribution in [3.05, 3.63) is 35.7 Å². The van der Waals surface area contributed by atoms with Crippen LogP contribution in [0.4, 0.5) is 0 Å². The minimum atomic E-state index is -0.138. The van der Waals surface area contributed by atoms with Gasteiger partial charge in [0.25, 0.3) is 5.91 Å². The largest absolute Gasteiger partial charge is 0.348 e. The van der Waals surface area contributed by atoms with E-state index in [0.29, 0.717) is 36.2 Å². The molecule has 6 nitrogen and oxygen atoms in total. The molecular weight excluding hydrogens is 364 g/mol. The van der Waals surface area contributed by atoms with Gasteiger partial charge < -0.3 is 15.6 Å². The molecule has 1 amide bonds. The lowest BCUT2D eigenvalue weighted by molar-refractivity contribution is 0.0934. The normalized spacial score (nSPS) is 12.6. The van der Waals surface area contributed by atoms with Crippen molar-refractivity contribution in [3.63, 3.8) is 0 Å². The van der Waals surface area contributed by atoms with E-state index in [9.17, 15) is 4.79 Å². The Morgan fingerprint density at radius 1 is 1.30 bits per heavy atom. The number of amides is 1. The first-order valence-electron chi connectivity index (χ1n) is 9.12. The molecule has 0 aliphatic carbocycles. The first kappa shape index (κ1) is 23.1. The van der Waals surface area contributed by atoms with Gasteiger partial charge in [0, 0.05) is 30.1 Å². The summed E-state index contributed by atoms with van der Waals surface area (Å²) in [5, 5.41) is 7.05. The van der Waals surface area contributed by atoms with E-state index in [2.05, 4.69) is 50.1 Å². The van der Waals surface area contributed by atoms with Crippen LogP contribution in [0.25, 0.3) is 11.4 Å². The van der Waals surface area contributed by atoms with Gasteiger partial charge >= 0.3 is 0 Å². The lowest BCUT2D eigenvalue weighted by atomic mass is 9.92. The molecule has 2 rings (SSSR count). The lowest BCUT2D eigenvalue weighted by Crippen LogP contribution is -2.41. The summed E-state index contributed by atoms with van der Waals surface area (Å²) < 4.78 is 5.34. The van der Waals surface area contributed by atoms with Crippen LogP contribution >= 0.6 is 12.4 Å². The molecule has 0 bridgehead atoms. The molecule has 0 aliphatic heterocycles. The van der Waals surface area contributed by atoms with E-state index in [1.54, 1.807) is 12.1 Å². The van der Waals surface area contributed by atoms with Crippen LogP contribution in [0.1, 0.15) is 57.3 Å². The third-order valence-electron chi connectivity index (χ3n) is 3.91. The van der Waals surface area contributed by atoms with E-state index in [-0.39, 0.29) is 29.8 Å². The summed E-state index contributed by atoms with van der Waals surface area (Å²) >= 11 is 0. The Labute approximate surface area is 167 Å². The highest BCUT2D eigenvalue weighted by Gasteiger charge is 2.18. The maximum absolute atomic E-state index is 12.5. The molecule has 2 aromatic rings. The number of nitrogens with one attached hydrogen (secondary N) is 1. The molecule has 1 aromatic carbocycles. The van der Waals surface area contributed by atoms with Crippen LogP contribution < -0.4 is 11.1 Å². The van der Waals surface area contributed by atoms with Gasteiger partial charge in [-0.1, -0.05) is 51.9 Å². The molecule has 1 heterocycles. The monoisotopic (exact) mass is 394 g/mol. The third kappa shape index (κ3) is 7.31. The Kier molecular flexibility index (Phi) is 8.44. The average Bonchev–Trinajstić information content (AvgIpc) is 3.00. The predicted molar refractivity (Wildman–Crippen MR) is 110 cm³/mol. The van der Waals surface area contributed by atoms with Crippen LogP contribution in [0.5, 0.6) is 0 Å². The SMILES string of the molecule is CC(C)CC(CN)NC(=O)c1cccc(-c2noc(CC(C)(C)C)n2)c1.Cl. The van der Waals surface area contributed by atoms with Crippen molar-refractivity contribution >= 4 is 18.3 Å². The fourth-order valence-electron chi connectivity index (χ4n) is 2.75. The van der Waals surface area contributed by atoms with Gasteiger partial charge in [-0.15, -0.1) is 12.4 Å². The second-order valence-corrected chi connectivity index (χ2v) is 8.37. The number of carbonyl (C=O) groups is 1. The number of hydrogen-bond donors (Lipinski definition) is 2. The van der Waals surface area contributed by atoms with Crippen LogP contribution in [0, 0.1) is 11.3 Å². The molecule has 0 fully saturated rings. The van der Waals surface area contributed by atoms with E-state index in [0.717, 1.165) is 12.0 Å². The number of halogens is 1. The quantitative estimate of drug-likeness (QED) is 0.743. The molecule has 0 spiro atoms. The van der Waals surface area contributed by atoms with Crippen LogP contribution in [-0.2, 0) is 6.42 Å². The fraction of sp³-hybridized carbons (Fsp3) is 0.550. The van der Waals surface area contributed by atoms with E-state index < -0.39 is 0 Å². The first-order chi connectivity index (χ1) is 12.2. The van der Waals surface area contributed by atoms with Crippen LogP contribution in [0.3, 0.4) is 0 Å². The van der Waals surface area contributed by atoms with Crippen LogP contribution in [0.15, 0.2) is 28.8 Å². The van der Waals surface area contributed by atoms with Gasteiger partial charge in [0.15, 0.2) is 0 Å². The molecule has 0 aliphatic rings. The summed E-state index contributed by atoms with van der Waals surface area (Å²) in [4.78, 5) is 17.0. The summed E-state index contributed by atoms with van der Waals surface area (Å²) in [6, 6.07) is 7.22. The van der Waals surface area contributed by atoms with E-state index in [4.69, 9.17) is 10.3 Å². The highest BCUT2D eigenvalue weighted by atomic mass is 35.5. The van der Waals surface area contributed by atoms with Gasteiger partial charge in [0.05, 0.1) is 0 Å². The zero-order valence-corrected chi connectivity index (χ0v) is 17.6. The third-order valence-corrected chi connectivity index (χ3v) is 3.91. The average molecular weight is 395 g/mol. The summed E-state index contributed by atoms with van der Waals surface area (Å²) in [6.07, 6.45) is 1.55.